The summed E-state index contributed by atoms with van der Waals surface area (Å²) in [5.41, 5.74) is 2.18. The van der Waals surface area contributed by atoms with Crippen LogP contribution in [0.25, 0.3) is 10.9 Å². The molecule has 0 saturated carbocycles. The Morgan fingerprint density at radius 3 is 2.62 bits per heavy atom. The Balaban J connectivity index is 1.78. The number of hydrogen-bond acceptors (Lipinski definition) is 5. The van der Waals surface area contributed by atoms with Gasteiger partial charge >= 0.3 is 0 Å². The molecule has 0 radical (unpaired) electrons. The van der Waals surface area contributed by atoms with Gasteiger partial charge in [0.2, 0.25) is 0 Å². The number of ether oxygens (including phenoxy) is 1. The van der Waals surface area contributed by atoms with Crippen molar-refractivity contribution in [1.82, 2.24) is 9.55 Å². The summed E-state index contributed by atoms with van der Waals surface area (Å²) < 4.78 is 6.88. The van der Waals surface area contributed by atoms with Crippen LogP contribution in [-0.4, -0.2) is 27.7 Å². The van der Waals surface area contributed by atoms with Crippen molar-refractivity contribution in [2.45, 2.75) is 19.0 Å². The van der Waals surface area contributed by atoms with Crippen molar-refractivity contribution >= 4 is 28.4 Å². The van der Waals surface area contributed by atoms with Gasteiger partial charge in [-0.1, -0.05) is 23.4 Å². The Hall–Kier alpha value is -2.60. The molecular weight excluding hydrogens is 348 g/mol. The number of aromatic nitrogens is 2. The van der Waals surface area contributed by atoms with E-state index in [1.54, 1.807) is 31.3 Å². The van der Waals surface area contributed by atoms with Gasteiger partial charge in [0.15, 0.2) is 10.9 Å². The highest BCUT2D eigenvalue weighted by atomic mass is 32.2. The third-order valence-corrected chi connectivity index (χ3v) is 5.04. The molecular formula is C20H20N2O3S. The van der Waals surface area contributed by atoms with E-state index in [0.29, 0.717) is 28.2 Å². The Labute approximate surface area is 156 Å². The number of carbonyl (C=O) groups is 1. The van der Waals surface area contributed by atoms with Crippen LogP contribution >= 0.6 is 11.8 Å². The lowest BCUT2D eigenvalue weighted by atomic mass is 10.1. The van der Waals surface area contributed by atoms with Crippen LogP contribution in [0, 0.1) is 6.92 Å². The van der Waals surface area contributed by atoms with Crippen LogP contribution in [0.3, 0.4) is 0 Å². The van der Waals surface area contributed by atoms with Gasteiger partial charge < -0.3 is 4.74 Å². The van der Waals surface area contributed by atoms with Crippen molar-refractivity contribution < 1.29 is 9.53 Å². The average molecular weight is 368 g/mol. The number of ketones is 1. The molecule has 0 atom stereocenters. The maximum absolute atomic E-state index is 12.5. The van der Waals surface area contributed by atoms with Gasteiger partial charge in [-0.05, 0) is 50.2 Å². The Kier molecular flexibility index (Phi) is 5.42. The first-order valence-electron chi connectivity index (χ1n) is 8.36. The summed E-state index contributed by atoms with van der Waals surface area (Å²) in [6, 6.07) is 12.7. The van der Waals surface area contributed by atoms with Crippen LogP contribution in [0.15, 0.2) is 52.4 Å². The first-order valence-corrected chi connectivity index (χ1v) is 9.34. The molecule has 3 aromatic rings. The van der Waals surface area contributed by atoms with Crippen molar-refractivity contribution in [3.05, 3.63) is 63.9 Å². The molecule has 6 heteroatoms. The highest BCUT2D eigenvalue weighted by Crippen LogP contribution is 2.20. The molecule has 26 heavy (non-hydrogen) atoms. The third-order valence-electron chi connectivity index (χ3n) is 4.01. The highest BCUT2D eigenvalue weighted by molar-refractivity contribution is 7.99. The van der Waals surface area contributed by atoms with Crippen LogP contribution in [0.4, 0.5) is 0 Å². The van der Waals surface area contributed by atoms with Gasteiger partial charge in [0.05, 0.1) is 23.3 Å². The van der Waals surface area contributed by atoms with Crippen molar-refractivity contribution in [3.63, 3.8) is 0 Å². The molecule has 0 aliphatic heterocycles. The Morgan fingerprint density at radius 2 is 1.92 bits per heavy atom. The second-order valence-corrected chi connectivity index (χ2v) is 6.89. The van der Waals surface area contributed by atoms with Crippen LogP contribution in [0.1, 0.15) is 22.8 Å². The first kappa shape index (κ1) is 18.2. The fourth-order valence-electron chi connectivity index (χ4n) is 2.61. The van der Waals surface area contributed by atoms with Gasteiger partial charge in [-0.15, -0.1) is 0 Å². The second-order valence-electron chi connectivity index (χ2n) is 5.95. The number of fused-ring (bicyclic) bond motifs is 1. The van der Waals surface area contributed by atoms with Gasteiger partial charge in [-0.3, -0.25) is 14.2 Å². The van der Waals surface area contributed by atoms with Crippen molar-refractivity contribution in [1.29, 1.82) is 0 Å². The number of nitrogens with zero attached hydrogens (tertiary/aromatic N) is 2. The lowest BCUT2D eigenvalue weighted by molar-refractivity contribution is 0.102. The molecule has 1 heterocycles. The van der Waals surface area contributed by atoms with Gasteiger partial charge in [-0.25, -0.2) is 4.98 Å². The van der Waals surface area contributed by atoms with E-state index in [2.05, 4.69) is 4.98 Å². The van der Waals surface area contributed by atoms with Crippen molar-refractivity contribution in [3.8, 4) is 5.75 Å². The zero-order chi connectivity index (χ0) is 18.7. The molecule has 0 aliphatic rings. The average Bonchev–Trinajstić information content (AvgIpc) is 2.64. The summed E-state index contributed by atoms with van der Waals surface area (Å²) in [6.07, 6.45) is 0. The van der Waals surface area contributed by atoms with Crippen molar-refractivity contribution in [2.75, 3.05) is 12.4 Å². The fraction of sp³-hybridized carbons (Fsp3) is 0.250. The molecule has 0 aliphatic carbocycles. The quantitative estimate of drug-likeness (QED) is 0.378. The van der Waals surface area contributed by atoms with Gasteiger partial charge in [0.25, 0.3) is 5.56 Å². The van der Waals surface area contributed by atoms with Gasteiger partial charge in [-0.2, -0.15) is 0 Å². The van der Waals surface area contributed by atoms with Gasteiger partial charge in [0, 0.05) is 12.6 Å². The van der Waals surface area contributed by atoms with E-state index >= 15 is 0 Å². The van der Waals surface area contributed by atoms with Crippen LogP contribution < -0.4 is 10.3 Å². The van der Waals surface area contributed by atoms with E-state index in [-0.39, 0.29) is 17.1 Å². The highest BCUT2D eigenvalue weighted by Gasteiger charge is 2.12. The molecule has 5 nitrogen and oxygen atoms in total. The van der Waals surface area contributed by atoms with Gasteiger partial charge in [0.1, 0.15) is 5.75 Å². The third kappa shape index (κ3) is 3.80. The monoisotopic (exact) mass is 368 g/mol. The van der Waals surface area contributed by atoms with E-state index in [4.69, 9.17) is 4.74 Å². The molecule has 3 rings (SSSR count). The lowest BCUT2D eigenvalue weighted by Crippen LogP contribution is -2.20. The molecule has 0 unspecified atom stereocenters. The molecule has 0 N–H and O–H groups in total. The molecule has 134 valence electrons. The second kappa shape index (κ2) is 7.74. The van der Waals surface area contributed by atoms with E-state index in [0.717, 1.165) is 11.3 Å². The number of aryl methyl sites for hydroxylation is 1. The van der Waals surface area contributed by atoms with E-state index < -0.39 is 0 Å². The minimum absolute atomic E-state index is 0.0173. The zero-order valence-electron chi connectivity index (χ0n) is 15.0. The number of hydrogen-bond donors (Lipinski definition) is 0. The van der Waals surface area contributed by atoms with Crippen LogP contribution in [0.5, 0.6) is 5.75 Å². The summed E-state index contributed by atoms with van der Waals surface area (Å²) in [4.78, 5) is 29.5. The van der Waals surface area contributed by atoms with E-state index in [1.807, 2.05) is 32.0 Å². The zero-order valence-corrected chi connectivity index (χ0v) is 15.8. The smallest absolute Gasteiger partial charge is 0.261 e. The lowest BCUT2D eigenvalue weighted by Gasteiger charge is -2.09. The topological polar surface area (TPSA) is 61.2 Å². The summed E-state index contributed by atoms with van der Waals surface area (Å²) in [6.45, 7) is 4.44. The molecule has 1 aromatic heterocycles. The van der Waals surface area contributed by atoms with Crippen LogP contribution in [-0.2, 0) is 7.05 Å². The first-order chi connectivity index (χ1) is 12.5. The summed E-state index contributed by atoms with van der Waals surface area (Å²) in [5, 5.41) is 1.13. The Bertz CT molecular complexity index is 1010. The number of Topliss-reactive ketones (excluding diaryl/α,β-unsaturated/α-hetero) is 1. The largest absolute Gasteiger partial charge is 0.494 e. The number of rotatable bonds is 6. The Morgan fingerprint density at radius 1 is 1.19 bits per heavy atom. The summed E-state index contributed by atoms with van der Waals surface area (Å²) >= 11 is 1.27. The summed E-state index contributed by atoms with van der Waals surface area (Å²) in [5.74, 6) is 0.938. The molecule has 0 bridgehead atoms. The predicted octanol–water partition coefficient (Wildman–Crippen LogP) is 3.62. The predicted molar refractivity (Wildman–Crippen MR) is 104 cm³/mol. The van der Waals surface area contributed by atoms with Crippen LogP contribution in [0.2, 0.25) is 0 Å². The number of thioether (sulfide) groups is 1. The van der Waals surface area contributed by atoms with E-state index in [9.17, 15) is 9.59 Å². The standard InChI is InChI=1S/C20H20N2O3S/c1-4-25-15-8-6-14(7-9-15)18(23)12-26-20-21-17-10-5-13(2)11-16(17)19(24)22(20)3/h5-11H,4,12H2,1-3H3. The molecule has 2 aromatic carbocycles. The number of benzene rings is 2. The maximum Gasteiger partial charge on any atom is 0.261 e. The fourth-order valence-corrected chi connectivity index (χ4v) is 3.48. The maximum atomic E-state index is 12.5. The minimum atomic E-state index is -0.102. The summed E-state index contributed by atoms with van der Waals surface area (Å²) in [7, 11) is 1.68. The minimum Gasteiger partial charge on any atom is -0.494 e. The normalized spacial score (nSPS) is 10.9. The molecule has 0 saturated heterocycles. The van der Waals surface area contributed by atoms with Crippen molar-refractivity contribution in [2.24, 2.45) is 7.05 Å². The SMILES string of the molecule is CCOc1ccc(C(=O)CSc2nc3ccc(C)cc3c(=O)n2C)cc1. The molecule has 0 spiro atoms. The molecule has 0 amide bonds. The molecule has 0 fully saturated rings. The number of carbonyl (C=O) groups excluding carboxylic acids is 1. The van der Waals surface area contributed by atoms with E-state index in [1.165, 1.54) is 16.3 Å².